The van der Waals surface area contributed by atoms with Crippen LogP contribution in [0.3, 0.4) is 0 Å². The number of nitrogens with zero attached hydrogens (tertiary/aromatic N) is 1. The number of unbranched alkanes of at least 4 members (excludes halogenated alkanes) is 2. The number of Topliss-reactive ketones (excluding diaryl/α,β-unsaturated/α-hetero) is 1. The van der Waals surface area contributed by atoms with E-state index in [1.807, 2.05) is 13.8 Å². The van der Waals surface area contributed by atoms with Crippen molar-refractivity contribution in [3.8, 4) is 0 Å². The van der Waals surface area contributed by atoms with Crippen molar-refractivity contribution in [2.45, 2.75) is 83.7 Å². The summed E-state index contributed by atoms with van der Waals surface area (Å²) in [5.74, 6) is -1.35. The van der Waals surface area contributed by atoms with E-state index in [4.69, 9.17) is 4.74 Å². The maximum Gasteiger partial charge on any atom is 0.155 e. The summed E-state index contributed by atoms with van der Waals surface area (Å²) in [4.78, 5) is 13.9. The normalized spacial score (nSPS) is 20.2. The van der Waals surface area contributed by atoms with Crippen molar-refractivity contribution in [2.24, 2.45) is 0 Å². The highest BCUT2D eigenvalue weighted by Gasteiger charge is 2.28. The molecular formula is C23H35F2NO4S. The molecule has 0 amide bonds. The fraction of sp³-hybridized carbons (Fsp3) is 0.696. The maximum atomic E-state index is 14.7. The van der Waals surface area contributed by atoms with E-state index in [1.54, 1.807) is 25.7 Å². The van der Waals surface area contributed by atoms with E-state index < -0.39 is 26.2 Å². The molecule has 2 rings (SSSR count). The molecule has 0 saturated carbocycles. The van der Waals surface area contributed by atoms with E-state index in [1.165, 1.54) is 12.1 Å². The van der Waals surface area contributed by atoms with Crippen LogP contribution in [0.25, 0.3) is 0 Å². The van der Waals surface area contributed by atoms with Gasteiger partial charge in [0.15, 0.2) is 9.84 Å². The number of hydrogen-bond acceptors (Lipinski definition) is 5. The minimum Gasteiger partial charge on any atom is -0.372 e. The average molecular weight is 460 g/mol. The highest BCUT2D eigenvalue weighted by molar-refractivity contribution is 7.92. The molecule has 5 nitrogen and oxygen atoms in total. The smallest absolute Gasteiger partial charge is 0.155 e. The zero-order chi connectivity index (χ0) is 23.4. The molecule has 1 aromatic rings. The molecule has 0 spiro atoms. The van der Waals surface area contributed by atoms with Gasteiger partial charge in [0.2, 0.25) is 0 Å². The van der Waals surface area contributed by atoms with Gasteiger partial charge >= 0.3 is 0 Å². The van der Waals surface area contributed by atoms with E-state index in [0.29, 0.717) is 37.9 Å². The third-order valence-corrected chi connectivity index (χ3v) is 8.21. The van der Waals surface area contributed by atoms with Crippen LogP contribution in [0.15, 0.2) is 12.1 Å². The Morgan fingerprint density at radius 3 is 2.13 bits per heavy atom. The van der Waals surface area contributed by atoms with Gasteiger partial charge in [-0.25, -0.2) is 17.2 Å². The monoisotopic (exact) mass is 459 g/mol. The van der Waals surface area contributed by atoms with Crippen molar-refractivity contribution < 1.29 is 26.7 Å². The number of rotatable bonds is 9. The zero-order valence-corrected chi connectivity index (χ0v) is 20.0. The number of morpholine rings is 1. The van der Waals surface area contributed by atoms with Crippen LogP contribution in [-0.4, -0.2) is 50.0 Å². The lowest BCUT2D eigenvalue weighted by Gasteiger charge is -2.37. The number of ether oxygens (including phenoxy) is 1. The lowest BCUT2D eigenvalue weighted by atomic mass is 10.0. The Hall–Kier alpha value is -1.54. The van der Waals surface area contributed by atoms with Gasteiger partial charge in [-0.2, -0.15) is 0 Å². The molecule has 0 N–H and O–H groups in total. The number of carbonyl (C=O) groups is 1. The summed E-state index contributed by atoms with van der Waals surface area (Å²) < 4.78 is 58.3. The fourth-order valence-electron chi connectivity index (χ4n) is 3.80. The molecule has 0 unspecified atom stereocenters. The lowest BCUT2D eigenvalue weighted by molar-refractivity contribution is -0.118. The molecule has 0 aliphatic carbocycles. The van der Waals surface area contributed by atoms with Crippen LogP contribution in [0.5, 0.6) is 0 Å². The second-order valence-electron chi connectivity index (χ2n) is 9.53. The Balaban J connectivity index is 1.87. The number of benzene rings is 1. The molecule has 1 heterocycles. The molecule has 176 valence electrons. The van der Waals surface area contributed by atoms with Gasteiger partial charge in [0.1, 0.15) is 23.1 Å². The molecule has 8 heteroatoms. The number of ketones is 1. The van der Waals surface area contributed by atoms with E-state index in [9.17, 15) is 22.0 Å². The molecule has 1 aromatic carbocycles. The summed E-state index contributed by atoms with van der Waals surface area (Å²) in [6.07, 6.45) is 1.66. The van der Waals surface area contributed by atoms with Crippen LogP contribution in [-0.2, 0) is 25.8 Å². The van der Waals surface area contributed by atoms with Crippen molar-refractivity contribution in [2.75, 3.05) is 23.7 Å². The van der Waals surface area contributed by atoms with E-state index in [2.05, 4.69) is 0 Å². The minimum absolute atomic E-state index is 0.0374. The molecule has 31 heavy (non-hydrogen) atoms. The molecule has 0 radical (unpaired) electrons. The van der Waals surface area contributed by atoms with Crippen LogP contribution < -0.4 is 4.90 Å². The van der Waals surface area contributed by atoms with E-state index in [-0.39, 0.29) is 42.3 Å². The topological polar surface area (TPSA) is 63.7 Å². The Kier molecular flexibility index (Phi) is 8.62. The molecule has 1 fully saturated rings. The Morgan fingerprint density at radius 1 is 1.06 bits per heavy atom. The number of sulfone groups is 1. The number of halogens is 2. The summed E-state index contributed by atoms with van der Waals surface area (Å²) in [5, 5.41) is 0. The summed E-state index contributed by atoms with van der Waals surface area (Å²) in [6.45, 7) is 9.57. The molecule has 1 aliphatic rings. The van der Waals surface area contributed by atoms with Crippen LogP contribution in [0.1, 0.15) is 65.9 Å². The van der Waals surface area contributed by atoms with Gasteiger partial charge in [-0.1, -0.05) is 6.42 Å². The molecule has 2 atom stereocenters. The van der Waals surface area contributed by atoms with Crippen molar-refractivity contribution in [3.63, 3.8) is 0 Å². The van der Waals surface area contributed by atoms with Crippen molar-refractivity contribution >= 4 is 21.3 Å². The minimum atomic E-state index is -3.16. The van der Waals surface area contributed by atoms with Gasteiger partial charge in [0, 0.05) is 25.9 Å². The average Bonchev–Trinajstić information content (AvgIpc) is 2.58. The SMILES string of the molecule is C[C@@H]1CN(c2c(F)cc(CC(=O)CCCCCS(=O)(=O)C(C)(C)C)cc2F)C[C@H](C)O1. The highest BCUT2D eigenvalue weighted by Crippen LogP contribution is 2.28. The quantitative estimate of drug-likeness (QED) is 0.510. The standard InChI is InChI=1S/C23H35F2NO4S/c1-16-14-26(15-17(2)30-16)22-20(24)12-18(13-21(22)25)11-19(27)9-7-6-8-10-31(28,29)23(3,4)5/h12-13,16-17H,6-11,14-15H2,1-5H3/t16-,17+. The highest BCUT2D eigenvalue weighted by atomic mass is 32.2. The number of anilines is 1. The second kappa shape index (κ2) is 10.4. The van der Waals surface area contributed by atoms with E-state index >= 15 is 0 Å². The molecule has 0 aromatic heterocycles. The first-order valence-corrected chi connectivity index (χ1v) is 12.6. The van der Waals surface area contributed by atoms with Crippen molar-refractivity contribution in [1.29, 1.82) is 0 Å². The van der Waals surface area contributed by atoms with Gasteiger partial charge in [-0.15, -0.1) is 0 Å². The predicted molar refractivity (Wildman–Crippen MR) is 119 cm³/mol. The Bertz CT molecular complexity index is 847. The summed E-state index contributed by atoms with van der Waals surface area (Å²) in [5.41, 5.74) is 0.242. The van der Waals surface area contributed by atoms with Gasteiger partial charge < -0.3 is 9.64 Å². The van der Waals surface area contributed by atoms with Crippen LogP contribution in [0.4, 0.5) is 14.5 Å². The van der Waals surface area contributed by atoms with Crippen LogP contribution in [0, 0.1) is 11.6 Å². The van der Waals surface area contributed by atoms with Crippen molar-refractivity contribution in [1.82, 2.24) is 0 Å². The first-order valence-electron chi connectivity index (χ1n) is 10.9. The van der Waals surface area contributed by atoms with Gasteiger partial charge in [0.05, 0.1) is 22.7 Å². The summed E-state index contributed by atoms with van der Waals surface area (Å²) in [7, 11) is -3.16. The first-order chi connectivity index (χ1) is 14.3. The maximum absolute atomic E-state index is 14.7. The van der Waals surface area contributed by atoms with Crippen molar-refractivity contribution in [3.05, 3.63) is 29.3 Å². The zero-order valence-electron chi connectivity index (χ0n) is 19.2. The molecular weight excluding hydrogens is 424 g/mol. The Morgan fingerprint density at radius 2 is 1.61 bits per heavy atom. The van der Waals surface area contributed by atoms with Gasteiger partial charge in [-0.05, 0) is 65.2 Å². The summed E-state index contributed by atoms with van der Waals surface area (Å²) in [6, 6.07) is 2.47. The fourth-order valence-corrected chi connectivity index (χ4v) is 4.99. The lowest BCUT2D eigenvalue weighted by Crippen LogP contribution is -2.46. The van der Waals surface area contributed by atoms with Gasteiger partial charge in [-0.3, -0.25) is 4.79 Å². The molecule has 0 bridgehead atoms. The summed E-state index contributed by atoms with van der Waals surface area (Å²) >= 11 is 0. The first kappa shape index (κ1) is 25.7. The third kappa shape index (κ3) is 7.24. The number of hydrogen-bond donors (Lipinski definition) is 0. The van der Waals surface area contributed by atoms with Crippen LogP contribution >= 0.6 is 0 Å². The molecule has 1 saturated heterocycles. The van der Waals surface area contributed by atoms with E-state index in [0.717, 1.165) is 0 Å². The molecule has 1 aliphatic heterocycles. The predicted octanol–water partition coefficient (Wildman–Crippen LogP) is 4.46. The van der Waals surface area contributed by atoms with Crippen LogP contribution in [0.2, 0.25) is 0 Å². The second-order valence-corrected chi connectivity index (χ2v) is 12.4. The Labute approximate surface area is 185 Å². The third-order valence-electron chi connectivity index (χ3n) is 5.52. The van der Waals surface area contributed by atoms with Gasteiger partial charge in [0.25, 0.3) is 0 Å². The largest absolute Gasteiger partial charge is 0.372 e. The number of carbonyl (C=O) groups excluding carboxylic acids is 1.